The number of carbonyl (C=O) groups is 3. The molecule has 140 valence electrons. The first-order valence-electron chi connectivity index (χ1n) is 8.21. The second kappa shape index (κ2) is 8.09. The molecule has 2 N–H and O–H groups in total. The van der Waals surface area contributed by atoms with E-state index >= 15 is 0 Å². The summed E-state index contributed by atoms with van der Waals surface area (Å²) in [6.07, 6.45) is -1.89. The van der Waals surface area contributed by atoms with Crippen molar-refractivity contribution in [1.29, 1.82) is 0 Å². The maximum absolute atomic E-state index is 12.6. The van der Waals surface area contributed by atoms with Gasteiger partial charge in [-0.1, -0.05) is 41.9 Å². The molecule has 1 aliphatic rings. The van der Waals surface area contributed by atoms with E-state index in [9.17, 15) is 14.4 Å². The summed E-state index contributed by atoms with van der Waals surface area (Å²) in [7, 11) is 1.38. The Kier molecular flexibility index (Phi) is 5.61. The molecule has 27 heavy (non-hydrogen) atoms. The first-order valence-corrected chi connectivity index (χ1v) is 8.59. The molecule has 2 unspecified atom stereocenters. The highest BCUT2D eigenvalue weighted by Crippen LogP contribution is 2.32. The van der Waals surface area contributed by atoms with Crippen LogP contribution < -0.4 is 15.4 Å². The monoisotopic (exact) mass is 388 g/mol. The van der Waals surface area contributed by atoms with Crippen LogP contribution in [-0.2, 0) is 20.7 Å². The van der Waals surface area contributed by atoms with Crippen molar-refractivity contribution in [3.63, 3.8) is 0 Å². The molecule has 0 saturated carbocycles. The summed E-state index contributed by atoms with van der Waals surface area (Å²) in [6.45, 7) is 0. The number of imide groups is 1. The lowest BCUT2D eigenvalue weighted by atomic mass is 10.1. The first-order chi connectivity index (χ1) is 13.0. The number of carbonyl (C=O) groups excluding carboxylic acids is 3. The van der Waals surface area contributed by atoms with Gasteiger partial charge >= 0.3 is 12.0 Å². The Morgan fingerprint density at radius 1 is 1.19 bits per heavy atom. The number of esters is 1. The number of fused-ring (bicyclic) bond motifs is 1. The van der Waals surface area contributed by atoms with Crippen LogP contribution in [-0.4, -0.2) is 31.1 Å². The van der Waals surface area contributed by atoms with Gasteiger partial charge in [0.05, 0.1) is 0 Å². The molecule has 2 aromatic carbocycles. The van der Waals surface area contributed by atoms with Gasteiger partial charge in [-0.25, -0.2) is 9.59 Å². The van der Waals surface area contributed by atoms with E-state index in [0.29, 0.717) is 16.3 Å². The molecule has 2 aromatic rings. The number of hydrogen-bond acceptors (Lipinski definition) is 5. The van der Waals surface area contributed by atoms with Crippen LogP contribution in [0.4, 0.5) is 4.79 Å². The number of ether oxygens (including phenoxy) is 2. The van der Waals surface area contributed by atoms with Crippen molar-refractivity contribution in [2.75, 3.05) is 7.05 Å². The van der Waals surface area contributed by atoms with Crippen LogP contribution in [0.1, 0.15) is 17.2 Å². The first kappa shape index (κ1) is 18.7. The highest BCUT2D eigenvalue weighted by Gasteiger charge is 2.34. The topological polar surface area (TPSA) is 93.7 Å². The minimum absolute atomic E-state index is 0.285. The van der Waals surface area contributed by atoms with E-state index < -0.39 is 30.1 Å². The minimum atomic E-state index is -1.29. The van der Waals surface area contributed by atoms with Crippen molar-refractivity contribution in [2.45, 2.75) is 18.6 Å². The fraction of sp³-hybridized carbons (Fsp3) is 0.211. The van der Waals surface area contributed by atoms with E-state index in [1.807, 2.05) is 0 Å². The predicted molar refractivity (Wildman–Crippen MR) is 97.4 cm³/mol. The van der Waals surface area contributed by atoms with Gasteiger partial charge in [0.1, 0.15) is 5.75 Å². The van der Waals surface area contributed by atoms with Crippen molar-refractivity contribution < 1.29 is 23.9 Å². The van der Waals surface area contributed by atoms with Gasteiger partial charge < -0.3 is 14.8 Å². The van der Waals surface area contributed by atoms with Crippen LogP contribution >= 0.6 is 11.6 Å². The van der Waals surface area contributed by atoms with Crippen molar-refractivity contribution in [2.24, 2.45) is 0 Å². The summed E-state index contributed by atoms with van der Waals surface area (Å²) >= 11 is 5.96. The molecule has 2 atom stereocenters. The lowest BCUT2D eigenvalue weighted by Crippen LogP contribution is -2.42. The SMILES string of the molecule is CNC(=O)NC(=O)C(OC(=O)C1Cc2cc(Cl)ccc2O1)c1ccccc1. The molecule has 0 aliphatic carbocycles. The van der Waals surface area contributed by atoms with E-state index in [-0.39, 0.29) is 6.42 Å². The number of halogens is 1. The molecule has 0 bridgehead atoms. The third-order valence-corrected chi connectivity index (χ3v) is 4.23. The summed E-state index contributed by atoms with van der Waals surface area (Å²) in [5, 5.41) is 4.94. The van der Waals surface area contributed by atoms with E-state index in [2.05, 4.69) is 10.6 Å². The number of amides is 3. The van der Waals surface area contributed by atoms with Crippen LogP contribution in [0.5, 0.6) is 5.75 Å². The van der Waals surface area contributed by atoms with Crippen molar-refractivity contribution >= 4 is 29.5 Å². The average Bonchev–Trinajstić information content (AvgIpc) is 3.09. The number of urea groups is 1. The van der Waals surface area contributed by atoms with Crippen LogP contribution in [0.15, 0.2) is 48.5 Å². The Morgan fingerprint density at radius 2 is 1.93 bits per heavy atom. The van der Waals surface area contributed by atoms with Gasteiger partial charge in [-0.15, -0.1) is 0 Å². The maximum Gasteiger partial charge on any atom is 0.348 e. The standard InChI is InChI=1S/C19H17ClN2O5/c1-21-19(25)22-17(23)16(11-5-3-2-4-6-11)27-18(24)15-10-12-9-13(20)7-8-14(12)26-15/h2-9,15-16H,10H2,1H3,(H2,21,22,23,25). The molecular formula is C19H17ClN2O5. The summed E-state index contributed by atoms with van der Waals surface area (Å²) in [5.41, 5.74) is 1.22. The highest BCUT2D eigenvalue weighted by atomic mass is 35.5. The maximum atomic E-state index is 12.6. The van der Waals surface area contributed by atoms with Gasteiger partial charge in [0.2, 0.25) is 6.10 Å². The lowest BCUT2D eigenvalue weighted by Gasteiger charge is -2.19. The van der Waals surface area contributed by atoms with Gasteiger partial charge in [0, 0.05) is 24.1 Å². The summed E-state index contributed by atoms with van der Waals surface area (Å²) in [5.74, 6) is -0.914. The zero-order valence-corrected chi connectivity index (χ0v) is 15.2. The van der Waals surface area contributed by atoms with Crippen LogP contribution in [0.2, 0.25) is 5.02 Å². The molecule has 1 aliphatic heterocycles. The number of nitrogens with one attached hydrogen (secondary N) is 2. The van der Waals surface area contributed by atoms with E-state index in [1.54, 1.807) is 48.5 Å². The average molecular weight is 389 g/mol. The Labute approximate surface area is 160 Å². The third-order valence-electron chi connectivity index (χ3n) is 4.00. The quantitative estimate of drug-likeness (QED) is 0.784. The Balaban J connectivity index is 1.75. The molecule has 8 heteroatoms. The van der Waals surface area contributed by atoms with Gasteiger partial charge in [-0.05, 0) is 23.8 Å². The molecule has 0 saturated heterocycles. The summed E-state index contributed by atoms with van der Waals surface area (Å²) in [4.78, 5) is 36.5. The third kappa shape index (κ3) is 4.38. The summed E-state index contributed by atoms with van der Waals surface area (Å²) < 4.78 is 11.0. The molecule has 0 aromatic heterocycles. The zero-order valence-electron chi connectivity index (χ0n) is 14.4. The van der Waals surface area contributed by atoms with Crippen molar-refractivity contribution in [3.8, 4) is 5.75 Å². The lowest BCUT2D eigenvalue weighted by molar-refractivity contribution is -0.162. The smallest absolute Gasteiger partial charge is 0.348 e. The number of rotatable bonds is 4. The molecule has 7 nitrogen and oxygen atoms in total. The van der Waals surface area contributed by atoms with Crippen LogP contribution in [0, 0.1) is 0 Å². The van der Waals surface area contributed by atoms with Gasteiger partial charge in [-0.2, -0.15) is 0 Å². The molecule has 1 heterocycles. The van der Waals surface area contributed by atoms with E-state index in [1.165, 1.54) is 7.05 Å². The van der Waals surface area contributed by atoms with Crippen LogP contribution in [0.25, 0.3) is 0 Å². The second-order valence-corrected chi connectivity index (χ2v) is 6.30. The van der Waals surface area contributed by atoms with Gasteiger partial charge in [0.15, 0.2) is 6.10 Å². The molecule has 3 amide bonds. The fourth-order valence-corrected chi connectivity index (χ4v) is 2.88. The molecular weight excluding hydrogens is 372 g/mol. The number of hydrogen-bond donors (Lipinski definition) is 2. The predicted octanol–water partition coefficient (Wildman–Crippen LogP) is 2.38. The second-order valence-electron chi connectivity index (χ2n) is 5.86. The Morgan fingerprint density at radius 3 is 2.63 bits per heavy atom. The fourth-order valence-electron chi connectivity index (χ4n) is 2.68. The molecule has 3 rings (SSSR count). The zero-order chi connectivity index (χ0) is 19.4. The normalized spacial score (nSPS) is 15.9. The van der Waals surface area contributed by atoms with Crippen LogP contribution in [0.3, 0.4) is 0 Å². The Bertz CT molecular complexity index is 872. The minimum Gasteiger partial charge on any atom is -0.478 e. The van der Waals surface area contributed by atoms with Crippen molar-refractivity contribution in [3.05, 3.63) is 64.7 Å². The summed E-state index contributed by atoms with van der Waals surface area (Å²) in [6, 6.07) is 12.8. The van der Waals surface area contributed by atoms with Gasteiger partial charge in [-0.3, -0.25) is 10.1 Å². The number of benzene rings is 2. The van der Waals surface area contributed by atoms with E-state index in [0.717, 1.165) is 5.56 Å². The molecule has 0 spiro atoms. The van der Waals surface area contributed by atoms with Crippen molar-refractivity contribution in [1.82, 2.24) is 10.6 Å². The molecule has 0 fully saturated rings. The highest BCUT2D eigenvalue weighted by molar-refractivity contribution is 6.30. The molecule has 0 radical (unpaired) electrons. The van der Waals surface area contributed by atoms with E-state index in [4.69, 9.17) is 21.1 Å². The van der Waals surface area contributed by atoms with Gasteiger partial charge in [0.25, 0.3) is 5.91 Å². The Hall–Kier alpha value is -3.06. The largest absolute Gasteiger partial charge is 0.478 e.